The summed E-state index contributed by atoms with van der Waals surface area (Å²) in [5, 5.41) is 3.15. The van der Waals surface area contributed by atoms with Gasteiger partial charge in [0.05, 0.1) is 11.6 Å². The zero-order valence-corrected chi connectivity index (χ0v) is 12.7. The molecule has 0 amide bonds. The van der Waals surface area contributed by atoms with Crippen LogP contribution in [0.2, 0.25) is 0 Å². The minimum atomic E-state index is -4.40. The van der Waals surface area contributed by atoms with Crippen molar-refractivity contribution in [2.24, 2.45) is 0 Å². The van der Waals surface area contributed by atoms with Crippen LogP contribution >= 0.6 is 15.9 Å². The van der Waals surface area contributed by atoms with E-state index in [9.17, 15) is 13.2 Å². The Morgan fingerprint density at radius 3 is 2.43 bits per heavy atom. The van der Waals surface area contributed by atoms with Gasteiger partial charge in [-0.3, -0.25) is 0 Å². The maximum Gasteiger partial charge on any atom is 0.417 e. The van der Waals surface area contributed by atoms with Gasteiger partial charge in [0, 0.05) is 22.4 Å². The summed E-state index contributed by atoms with van der Waals surface area (Å²) in [5.74, 6) is 0. The molecule has 1 aromatic carbocycles. The molecule has 0 bridgehead atoms. The average Bonchev–Trinajstić information content (AvgIpc) is 2.45. The fourth-order valence-electron chi connectivity index (χ4n) is 2.03. The Labute approximate surface area is 128 Å². The summed E-state index contributed by atoms with van der Waals surface area (Å²) < 4.78 is 39.0. The lowest BCUT2D eigenvalue weighted by atomic mass is 9.99. The predicted molar refractivity (Wildman–Crippen MR) is 76.7 cm³/mol. The van der Waals surface area contributed by atoms with Crippen molar-refractivity contribution in [2.75, 3.05) is 6.54 Å². The first-order chi connectivity index (χ1) is 9.93. The predicted octanol–water partition coefficient (Wildman–Crippen LogP) is 3.96. The van der Waals surface area contributed by atoms with Crippen LogP contribution in [-0.4, -0.2) is 16.5 Å². The van der Waals surface area contributed by atoms with E-state index in [1.165, 1.54) is 12.4 Å². The van der Waals surface area contributed by atoms with E-state index in [0.717, 1.165) is 11.6 Å². The van der Waals surface area contributed by atoms with Crippen LogP contribution in [0, 0.1) is 0 Å². The van der Waals surface area contributed by atoms with Crippen LogP contribution in [0.1, 0.15) is 29.7 Å². The Morgan fingerprint density at radius 2 is 1.86 bits per heavy atom. The summed E-state index contributed by atoms with van der Waals surface area (Å²) in [4.78, 5) is 7.84. The van der Waals surface area contributed by atoms with Gasteiger partial charge in [-0.15, -0.1) is 0 Å². The molecule has 1 unspecified atom stereocenters. The summed E-state index contributed by atoms with van der Waals surface area (Å²) in [5.41, 5.74) is 0.539. The second-order valence-corrected chi connectivity index (χ2v) is 5.25. The minimum absolute atomic E-state index is 0.0262. The minimum Gasteiger partial charge on any atom is -0.306 e. The van der Waals surface area contributed by atoms with E-state index in [4.69, 9.17) is 0 Å². The van der Waals surface area contributed by atoms with E-state index in [1.54, 1.807) is 18.5 Å². The third-order valence-electron chi connectivity index (χ3n) is 2.95. The summed E-state index contributed by atoms with van der Waals surface area (Å²) in [6.45, 7) is 2.50. The Morgan fingerprint density at radius 1 is 1.19 bits per heavy atom. The van der Waals surface area contributed by atoms with Gasteiger partial charge in [0.25, 0.3) is 0 Å². The molecule has 21 heavy (non-hydrogen) atoms. The Bertz CT molecular complexity index is 602. The monoisotopic (exact) mass is 359 g/mol. The van der Waals surface area contributed by atoms with Crippen molar-refractivity contribution in [3.63, 3.8) is 0 Å². The molecule has 0 radical (unpaired) electrons. The second-order valence-electron chi connectivity index (χ2n) is 4.40. The van der Waals surface area contributed by atoms with E-state index in [-0.39, 0.29) is 10.5 Å². The van der Waals surface area contributed by atoms with Crippen LogP contribution in [0.5, 0.6) is 0 Å². The quantitative estimate of drug-likeness (QED) is 0.897. The molecule has 0 spiro atoms. The smallest absolute Gasteiger partial charge is 0.306 e. The molecular formula is C14H13BrF3N3. The molecule has 3 nitrogen and oxygen atoms in total. The standard InChI is InChI=1S/C14H13BrF3N3/c1-2-21-13(10-6-19-8-20-7-10)9-3-4-12(15)11(5-9)14(16,17)18/h3-8,13,21H,2H2,1H3. The number of nitrogens with zero attached hydrogens (tertiary/aromatic N) is 2. The molecule has 1 atom stereocenters. The summed E-state index contributed by atoms with van der Waals surface area (Å²) in [6.07, 6.45) is 0.166. The van der Waals surface area contributed by atoms with Crippen LogP contribution in [0.4, 0.5) is 13.2 Å². The molecule has 2 aromatic rings. The van der Waals surface area contributed by atoms with Gasteiger partial charge in [-0.1, -0.05) is 28.9 Å². The maximum atomic E-state index is 13.0. The highest BCUT2D eigenvalue weighted by Crippen LogP contribution is 2.37. The van der Waals surface area contributed by atoms with Gasteiger partial charge < -0.3 is 5.32 Å². The number of hydrogen-bond donors (Lipinski definition) is 1. The lowest BCUT2D eigenvalue weighted by Gasteiger charge is -2.20. The molecule has 1 heterocycles. The van der Waals surface area contributed by atoms with Crippen LogP contribution in [0.25, 0.3) is 0 Å². The SMILES string of the molecule is CCNC(c1cncnc1)c1ccc(Br)c(C(F)(F)F)c1. The molecule has 112 valence electrons. The number of hydrogen-bond acceptors (Lipinski definition) is 3. The van der Waals surface area contributed by atoms with Gasteiger partial charge in [-0.2, -0.15) is 13.2 Å². The van der Waals surface area contributed by atoms with Gasteiger partial charge in [0.15, 0.2) is 0 Å². The zero-order chi connectivity index (χ0) is 15.5. The normalized spacial score (nSPS) is 13.2. The van der Waals surface area contributed by atoms with E-state index < -0.39 is 11.7 Å². The van der Waals surface area contributed by atoms with Crippen molar-refractivity contribution < 1.29 is 13.2 Å². The number of rotatable bonds is 4. The summed E-state index contributed by atoms with van der Waals surface area (Å²) in [7, 11) is 0. The first-order valence-electron chi connectivity index (χ1n) is 6.28. The van der Waals surface area contributed by atoms with Crippen LogP contribution in [-0.2, 0) is 6.18 Å². The lowest BCUT2D eigenvalue weighted by molar-refractivity contribution is -0.138. The van der Waals surface area contributed by atoms with Crippen molar-refractivity contribution >= 4 is 15.9 Å². The van der Waals surface area contributed by atoms with Crippen molar-refractivity contribution in [1.29, 1.82) is 0 Å². The molecule has 2 rings (SSSR count). The average molecular weight is 360 g/mol. The van der Waals surface area contributed by atoms with Crippen LogP contribution in [0.3, 0.4) is 0 Å². The van der Waals surface area contributed by atoms with Gasteiger partial charge in [-0.05, 0) is 24.2 Å². The fraction of sp³-hybridized carbons (Fsp3) is 0.286. The fourth-order valence-corrected chi connectivity index (χ4v) is 2.50. The molecule has 0 aliphatic rings. The third kappa shape index (κ3) is 3.79. The molecule has 0 aliphatic heterocycles. The number of alkyl halides is 3. The van der Waals surface area contributed by atoms with E-state index in [0.29, 0.717) is 12.1 Å². The summed E-state index contributed by atoms with van der Waals surface area (Å²) in [6, 6.07) is 3.82. The molecule has 1 aromatic heterocycles. The molecule has 0 saturated carbocycles. The largest absolute Gasteiger partial charge is 0.417 e. The Hall–Kier alpha value is -1.47. The molecular weight excluding hydrogens is 347 g/mol. The van der Waals surface area contributed by atoms with Gasteiger partial charge in [0.1, 0.15) is 6.33 Å². The molecule has 1 N–H and O–H groups in total. The van der Waals surface area contributed by atoms with Crippen molar-refractivity contribution in [3.05, 3.63) is 58.1 Å². The highest BCUT2D eigenvalue weighted by molar-refractivity contribution is 9.10. The maximum absolute atomic E-state index is 13.0. The van der Waals surface area contributed by atoms with Crippen molar-refractivity contribution in [1.82, 2.24) is 15.3 Å². The van der Waals surface area contributed by atoms with E-state index >= 15 is 0 Å². The molecule has 0 aliphatic carbocycles. The first kappa shape index (κ1) is 15.9. The second kappa shape index (κ2) is 6.53. The Balaban J connectivity index is 2.47. The highest BCUT2D eigenvalue weighted by Gasteiger charge is 2.33. The van der Waals surface area contributed by atoms with Crippen LogP contribution in [0.15, 0.2) is 41.4 Å². The van der Waals surface area contributed by atoms with Crippen molar-refractivity contribution in [3.8, 4) is 0 Å². The molecule has 7 heteroatoms. The number of benzene rings is 1. The topological polar surface area (TPSA) is 37.8 Å². The van der Waals surface area contributed by atoms with Gasteiger partial charge in [-0.25, -0.2) is 9.97 Å². The Kier molecular flexibility index (Phi) is 4.95. The van der Waals surface area contributed by atoms with E-state index in [1.807, 2.05) is 6.92 Å². The first-order valence-corrected chi connectivity index (χ1v) is 7.07. The zero-order valence-electron chi connectivity index (χ0n) is 11.2. The highest BCUT2D eigenvalue weighted by atomic mass is 79.9. The number of nitrogens with one attached hydrogen (secondary N) is 1. The van der Waals surface area contributed by atoms with Crippen LogP contribution < -0.4 is 5.32 Å². The van der Waals surface area contributed by atoms with Gasteiger partial charge in [0.2, 0.25) is 0 Å². The van der Waals surface area contributed by atoms with E-state index in [2.05, 4.69) is 31.2 Å². The lowest BCUT2D eigenvalue weighted by Crippen LogP contribution is -2.23. The summed E-state index contributed by atoms with van der Waals surface area (Å²) >= 11 is 2.95. The number of halogens is 4. The van der Waals surface area contributed by atoms with Crippen molar-refractivity contribution in [2.45, 2.75) is 19.1 Å². The molecule has 0 saturated heterocycles. The molecule has 0 fully saturated rings. The number of aromatic nitrogens is 2. The third-order valence-corrected chi connectivity index (χ3v) is 3.64. The van der Waals surface area contributed by atoms with Gasteiger partial charge >= 0.3 is 6.18 Å².